The molecule has 4 rings (SSSR count). The van der Waals surface area contributed by atoms with Crippen LogP contribution in [-0.2, 0) is 11.2 Å². The molecule has 37 heavy (non-hydrogen) atoms. The first-order valence-electron chi connectivity index (χ1n) is 13.3. The average Bonchev–Trinajstić information content (AvgIpc) is 3.40. The first-order valence-corrected chi connectivity index (χ1v) is 14.2. The summed E-state index contributed by atoms with van der Waals surface area (Å²) in [5.41, 5.74) is 3.04. The van der Waals surface area contributed by atoms with Crippen molar-refractivity contribution in [1.82, 2.24) is 9.80 Å². The Morgan fingerprint density at radius 2 is 1.78 bits per heavy atom. The van der Waals surface area contributed by atoms with E-state index in [9.17, 15) is 9.59 Å². The normalized spacial score (nSPS) is 15.8. The van der Waals surface area contributed by atoms with Crippen molar-refractivity contribution in [2.45, 2.75) is 52.5 Å². The van der Waals surface area contributed by atoms with Crippen molar-refractivity contribution >= 4 is 23.2 Å². The van der Waals surface area contributed by atoms with Crippen LogP contribution in [0.5, 0.6) is 5.75 Å². The number of fused-ring (bicyclic) bond motifs is 1. The van der Waals surface area contributed by atoms with E-state index in [0.717, 1.165) is 24.2 Å². The summed E-state index contributed by atoms with van der Waals surface area (Å²) in [6.45, 7) is 10.2. The predicted molar refractivity (Wildman–Crippen MR) is 150 cm³/mol. The van der Waals surface area contributed by atoms with Crippen LogP contribution in [0, 0.1) is 5.92 Å². The number of rotatable bonds is 10. The molecule has 3 aromatic rings. The molecule has 196 valence electrons. The first-order chi connectivity index (χ1) is 17.9. The zero-order valence-electron chi connectivity index (χ0n) is 22.4. The maximum atomic E-state index is 13.8. The Hall–Kier alpha value is -3.12. The standard InChI is InChI=1S/C31H38N2O3S/c1-5-23(4)19-32(31(35)25-9-7-6-8-10-25)20-30(34)33-17-15-29-27(16-18-37-29)28(33)21-36-26-13-11-24(12-14-26)22(2)3/h6-14,16,18,22-23,28H,5,15,17,19-21H2,1-4H3/t23-,28-/m1/s1. The molecule has 0 aliphatic carbocycles. The molecule has 0 radical (unpaired) electrons. The van der Waals surface area contributed by atoms with Crippen molar-refractivity contribution in [3.05, 3.63) is 87.6 Å². The fourth-order valence-electron chi connectivity index (χ4n) is 4.74. The van der Waals surface area contributed by atoms with Gasteiger partial charge in [-0.15, -0.1) is 11.3 Å². The highest BCUT2D eigenvalue weighted by Crippen LogP contribution is 2.34. The summed E-state index contributed by atoms with van der Waals surface area (Å²) in [7, 11) is 0. The van der Waals surface area contributed by atoms with Crippen LogP contribution in [0.4, 0.5) is 0 Å². The van der Waals surface area contributed by atoms with Crippen molar-refractivity contribution < 1.29 is 14.3 Å². The van der Waals surface area contributed by atoms with Gasteiger partial charge in [-0.2, -0.15) is 0 Å². The quantitative estimate of drug-likeness (QED) is 0.305. The average molecular weight is 519 g/mol. The van der Waals surface area contributed by atoms with Gasteiger partial charge < -0.3 is 14.5 Å². The van der Waals surface area contributed by atoms with Crippen LogP contribution in [0.2, 0.25) is 0 Å². The number of ether oxygens (including phenoxy) is 1. The molecule has 0 unspecified atom stereocenters. The van der Waals surface area contributed by atoms with E-state index in [-0.39, 0.29) is 24.4 Å². The summed E-state index contributed by atoms with van der Waals surface area (Å²) >= 11 is 1.74. The summed E-state index contributed by atoms with van der Waals surface area (Å²) in [5.74, 6) is 1.44. The van der Waals surface area contributed by atoms with Crippen LogP contribution in [0.15, 0.2) is 66.0 Å². The van der Waals surface area contributed by atoms with Gasteiger partial charge in [0, 0.05) is 23.5 Å². The minimum Gasteiger partial charge on any atom is -0.491 e. The molecule has 0 saturated carbocycles. The fourth-order valence-corrected chi connectivity index (χ4v) is 5.67. The van der Waals surface area contributed by atoms with E-state index < -0.39 is 0 Å². The minimum absolute atomic E-state index is 0.0341. The molecule has 6 heteroatoms. The number of carbonyl (C=O) groups is 2. The number of benzene rings is 2. The lowest BCUT2D eigenvalue weighted by atomic mass is 10.00. The molecule has 0 N–H and O–H groups in total. The lowest BCUT2D eigenvalue weighted by molar-refractivity contribution is -0.135. The van der Waals surface area contributed by atoms with Gasteiger partial charge in [-0.3, -0.25) is 9.59 Å². The van der Waals surface area contributed by atoms with Crippen LogP contribution in [0.25, 0.3) is 0 Å². The third kappa shape index (κ3) is 6.61. The maximum Gasteiger partial charge on any atom is 0.254 e. The smallest absolute Gasteiger partial charge is 0.254 e. The van der Waals surface area contributed by atoms with Gasteiger partial charge >= 0.3 is 0 Å². The van der Waals surface area contributed by atoms with Gasteiger partial charge in [0.15, 0.2) is 0 Å². The number of carbonyl (C=O) groups excluding carboxylic acids is 2. The SMILES string of the molecule is CC[C@@H](C)CN(CC(=O)N1CCc2sccc2[C@H]1COc1ccc(C(C)C)cc1)C(=O)c1ccccc1. The highest BCUT2D eigenvalue weighted by molar-refractivity contribution is 7.10. The Bertz CT molecular complexity index is 1170. The van der Waals surface area contributed by atoms with E-state index in [4.69, 9.17) is 4.74 Å². The molecule has 2 heterocycles. The highest BCUT2D eigenvalue weighted by atomic mass is 32.1. The number of amides is 2. The van der Waals surface area contributed by atoms with Gasteiger partial charge in [-0.25, -0.2) is 0 Å². The molecule has 1 aromatic heterocycles. The van der Waals surface area contributed by atoms with E-state index in [1.54, 1.807) is 16.2 Å². The third-order valence-electron chi connectivity index (χ3n) is 7.23. The number of hydrogen-bond donors (Lipinski definition) is 0. The molecule has 5 nitrogen and oxygen atoms in total. The Labute approximate surface area is 225 Å². The van der Waals surface area contributed by atoms with Gasteiger partial charge in [0.2, 0.25) is 5.91 Å². The topological polar surface area (TPSA) is 49.9 Å². The van der Waals surface area contributed by atoms with Gasteiger partial charge in [0.25, 0.3) is 5.91 Å². The Balaban J connectivity index is 1.52. The van der Waals surface area contributed by atoms with Crippen molar-refractivity contribution in [3.8, 4) is 5.75 Å². The second kappa shape index (κ2) is 12.4. The molecular weight excluding hydrogens is 480 g/mol. The van der Waals surface area contributed by atoms with Gasteiger partial charge in [-0.05, 0) is 65.1 Å². The van der Waals surface area contributed by atoms with Crippen molar-refractivity contribution in [1.29, 1.82) is 0 Å². The van der Waals surface area contributed by atoms with Crippen LogP contribution in [0.1, 0.15) is 72.4 Å². The molecule has 0 saturated heterocycles. The number of hydrogen-bond acceptors (Lipinski definition) is 4. The molecule has 1 aliphatic rings. The molecule has 2 atom stereocenters. The third-order valence-corrected chi connectivity index (χ3v) is 8.23. The van der Waals surface area contributed by atoms with Crippen LogP contribution in [0.3, 0.4) is 0 Å². The molecule has 0 spiro atoms. The Morgan fingerprint density at radius 1 is 1.05 bits per heavy atom. The van der Waals surface area contributed by atoms with Gasteiger partial charge in [0.05, 0.1) is 6.04 Å². The van der Waals surface area contributed by atoms with E-state index in [1.165, 1.54) is 10.4 Å². The van der Waals surface area contributed by atoms with Crippen molar-refractivity contribution in [2.24, 2.45) is 5.92 Å². The molecule has 1 aliphatic heterocycles. The largest absolute Gasteiger partial charge is 0.491 e. The van der Waals surface area contributed by atoms with Crippen LogP contribution < -0.4 is 4.74 Å². The lowest BCUT2D eigenvalue weighted by Crippen LogP contribution is -2.48. The van der Waals surface area contributed by atoms with Crippen molar-refractivity contribution in [3.63, 3.8) is 0 Å². The van der Waals surface area contributed by atoms with E-state index in [0.29, 0.717) is 37.1 Å². The van der Waals surface area contributed by atoms with Gasteiger partial charge in [-0.1, -0.05) is 64.4 Å². The zero-order chi connectivity index (χ0) is 26.4. The minimum atomic E-state index is -0.176. The fraction of sp³-hybridized carbons (Fsp3) is 0.419. The molecule has 0 fully saturated rings. The lowest BCUT2D eigenvalue weighted by Gasteiger charge is -2.37. The summed E-state index contributed by atoms with van der Waals surface area (Å²) in [6, 6.07) is 19.4. The number of thiophene rings is 1. The summed E-state index contributed by atoms with van der Waals surface area (Å²) in [6.07, 6.45) is 1.77. The van der Waals surface area contributed by atoms with Gasteiger partial charge in [0.1, 0.15) is 18.9 Å². The Morgan fingerprint density at radius 3 is 2.46 bits per heavy atom. The van der Waals surface area contributed by atoms with Crippen LogP contribution >= 0.6 is 11.3 Å². The number of nitrogens with zero attached hydrogens (tertiary/aromatic N) is 2. The summed E-state index contributed by atoms with van der Waals surface area (Å²) in [5, 5.41) is 2.09. The molecular formula is C31H38N2O3S. The summed E-state index contributed by atoms with van der Waals surface area (Å²) < 4.78 is 6.22. The maximum absolute atomic E-state index is 13.8. The van der Waals surface area contributed by atoms with E-state index >= 15 is 0 Å². The van der Waals surface area contributed by atoms with Crippen LogP contribution in [-0.4, -0.2) is 47.9 Å². The summed E-state index contributed by atoms with van der Waals surface area (Å²) in [4.78, 5) is 32.1. The highest BCUT2D eigenvalue weighted by Gasteiger charge is 2.34. The van der Waals surface area contributed by atoms with E-state index in [2.05, 4.69) is 51.3 Å². The van der Waals surface area contributed by atoms with Crippen molar-refractivity contribution in [2.75, 3.05) is 26.2 Å². The second-order valence-corrected chi connectivity index (χ2v) is 11.3. The molecule has 2 aromatic carbocycles. The zero-order valence-corrected chi connectivity index (χ0v) is 23.2. The second-order valence-electron chi connectivity index (χ2n) is 10.3. The Kier molecular flexibility index (Phi) is 9.04. The molecule has 2 amide bonds. The predicted octanol–water partition coefficient (Wildman–Crippen LogP) is 6.56. The first kappa shape index (κ1) is 26.9. The molecule has 0 bridgehead atoms. The van der Waals surface area contributed by atoms with E-state index in [1.807, 2.05) is 47.4 Å². The monoisotopic (exact) mass is 518 g/mol.